The maximum Gasteiger partial charge on any atom is 0.228 e. The van der Waals surface area contributed by atoms with Crippen LogP contribution in [-0.2, 0) is 14.3 Å². The highest BCUT2D eigenvalue weighted by atomic mass is 16.5. The van der Waals surface area contributed by atoms with Gasteiger partial charge in [0.25, 0.3) is 0 Å². The van der Waals surface area contributed by atoms with Crippen molar-refractivity contribution in [1.82, 2.24) is 15.1 Å². The number of carbonyl (C=O) groups excluding carboxylic acids is 2. The number of hydrogen-bond donors (Lipinski definition) is 1. The van der Waals surface area contributed by atoms with Crippen LogP contribution in [0.5, 0.6) is 0 Å². The van der Waals surface area contributed by atoms with E-state index in [1.165, 1.54) is 12.8 Å². The van der Waals surface area contributed by atoms with E-state index >= 15 is 0 Å². The van der Waals surface area contributed by atoms with E-state index in [0.29, 0.717) is 18.5 Å². The summed E-state index contributed by atoms with van der Waals surface area (Å²) >= 11 is 0. The molecule has 0 spiro atoms. The van der Waals surface area contributed by atoms with E-state index in [-0.39, 0.29) is 23.7 Å². The maximum absolute atomic E-state index is 12.7. The van der Waals surface area contributed by atoms with Gasteiger partial charge in [0.05, 0.1) is 18.4 Å². The van der Waals surface area contributed by atoms with Gasteiger partial charge in [-0.25, -0.2) is 0 Å². The number of hydrogen-bond acceptors (Lipinski definition) is 4. The number of rotatable bonds is 5. The molecule has 1 aliphatic carbocycles. The summed E-state index contributed by atoms with van der Waals surface area (Å²) in [4.78, 5) is 29.3. The van der Waals surface area contributed by atoms with Gasteiger partial charge in [-0.2, -0.15) is 0 Å². The molecule has 2 atom stereocenters. The molecule has 0 bridgehead atoms. The minimum atomic E-state index is -0.0131. The third-order valence-corrected chi connectivity index (χ3v) is 6.05. The summed E-state index contributed by atoms with van der Waals surface area (Å²) in [6.07, 6.45) is 5.45. The van der Waals surface area contributed by atoms with Crippen LogP contribution in [-0.4, -0.2) is 73.6 Å². The summed E-state index contributed by atoms with van der Waals surface area (Å²) in [5.74, 6) is 1.22. The lowest BCUT2D eigenvalue weighted by atomic mass is 9.92. The van der Waals surface area contributed by atoms with Gasteiger partial charge in [0.1, 0.15) is 0 Å². The van der Waals surface area contributed by atoms with Crippen LogP contribution in [0.1, 0.15) is 32.1 Å². The third kappa shape index (κ3) is 3.59. The molecule has 24 heavy (non-hydrogen) atoms. The Hall–Kier alpha value is -1.14. The Morgan fingerprint density at radius 3 is 2.58 bits per heavy atom. The molecule has 6 nitrogen and oxygen atoms in total. The van der Waals surface area contributed by atoms with Crippen LogP contribution in [0.15, 0.2) is 0 Å². The fourth-order valence-corrected chi connectivity index (χ4v) is 4.14. The predicted molar refractivity (Wildman–Crippen MR) is 89.3 cm³/mol. The molecule has 0 radical (unpaired) electrons. The molecular weight excluding hydrogens is 306 g/mol. The van der Waals surface area contributed by atoms with Gasteiger partial charge in [0.15, 0.2) is 0 Å². The SMILES string of the molecule is O=C(NCC1CC1)C1CCCN(C(=O)C2CN(C3CCOC3)C2)C1. The Morgan fingerprint density at radius 2 is 1.88 bits per heavy atom. The van der Waals surface area contributed by atoms with Gasteiger partial charge in [-0.15, -0.1) is 0 Å². The molecular formula is C18H29N3O3. The Morgan fingerprint density at radius 1 is 1.04 bits per heavy atom. The van der Waals surface area contributed by atoms with Gasteiger partial charge in [-0.05, 0) is 38.0 Å². The molecule has 3 heterocycles. The number of amides is 2. The van der Waals surface area contributed by atoms with E-state index in [0.717, 1.165) is 58.7 Å². The van der Waals surface area contributed by atoms with Crippen molar-refractivity contribution in [2.45, 2.75) is 38.1 Å². The highest BCUT2D eigenvalue weighted by Gasteiger charge is 2.41. The second-order valence-electron chi connectivity index (χ2n) is 7.98. The number of likely N-dealkylation sites (tertiary alicyclic amines) is 2. The van der Waals surface area contributed by atoms with E-state index in [2.05, 4.69) is 10.2 Å². The van der Waals surface area contributed by atoms with E-state index in [1.54, 1.807) is 0 Å². The minimum absolute atomic E-state index is 0.0131. The van der Waals surface area contributed by atoms with Gasteiger partial charge in [0.2, 0.25) is 11.8 Å². The van der Waals surface area contributed by atoms with Crippen molar-refractivity contribution < 1.29 is 14.3 Å². The zero-order valence-corrected chi connectivity index (χ0v) is 14.4. The van der Waals surface area contributed by atoms with Crippen LogP contribution < -0.4 is 5.32 Å². The summed E-state index contributed by atoms with van der Waals surface area (Å²) in [5.41, 5.74) is 0. The first-order valence-corrected chi connectivity index (χ1v) is 9.59. The number of nitrogens with zero attached hydrogens (tertiary/aromatic N) is 2. The Labute approximate surface area is 143 Å². The first-order chi connectivity index (χ1) is 11.7. The smallest absolute Gasteiger partial charge is 0.228 e. The van der Waals surface area contributed by atoms with Crippen molar-refractivity contribution in [2.24, 2.45) is 17.8 Å². The van der Waals surface area contributed by atoms with Crippen LogP contribution in [0.4, 0.5) is 0 Å². The van der Waals surface area contributed by atoms with E-state index in [1.807, 2.05) is 4.90 Å². The lowest BCUT2D eigenvalue weighted by Gasteiger charge is -2.44. The molecule has 3 aliphatic heterocycles. The standard InChI is InChI=1S/C18H29N3O3/c22-17(19-8-13-3-4-13)14-2-1-6-20(9-14)18(23)15-10-21(11-15)16-5-7-24-12-16/h13-16H,1-12H2,(H,19,22). The quantitative estimate of drug-likeness (QED) is 0.793. The second kappa shape index (κ2) is 7.00. The summed E-state index contributed by atoms with van der Waals surface area (Å²) in [7, 11) is 0. The normalized spacial score (nSPS) is 31.8. The Balaban J connectivity index is 1.23. The number of carbonyl (C=O) groups is 2. The van der Waals surface area contributed by atoms with Crippen LogP contribution in [0.25, 0.3) is 0 Å². The predicted octanol–water partition coefficient (Wildman–Crippen LogP) is 0.472. The highest BCUT2D eigenvalue weighted by Crippen LogP contribution is 2.29. The molecule has 4 aliphatic rings. The highest BCUT2D eigenvalue weighted by molar-refractivity contribution is 5.83. The molecule has 6 heteroatoms. The lowest BCUT2D eigenvalue weighted by molar-refractivity contribution is -0.145. The van der Waals surface area contributed by atoms with Crippen molar-refractivity contribution in [1.29, 1.82) is 0 Å². The second-order valence-corrected chi connectivity index (χ2v) is 7.98. The van der Waals surface area contributed by atoms with Crippen molar-refractivity contribution >= 4 is 11.8 Å². The monoisotopic (exact) mass is 335 g/mol. The summed E-state index contributed by atoms with van der Waals surface area (Å²) < 4.78 is 5.43. The molecule has 2 amide bonds. The molecule has 0 aromatic heterocycles. The topological polar surface area (TPSA) is 61.9 Å². The van der Waals surface area contributed by atoms with Crippen molar-refractivity contribution in [2.75, 3.05) is 45.9 Å². The molecule has 1 N–H and O–H groups in total. The van der Waals surface area contributed by atoms with Crippen molar-refractivity contribution in [3.63, 3.8) is 0 Å². The van der Waals surface area contributed by atoms with Gasteiger partial charge < -0.3 is 15.0 Å². The van der Waals surface area contributed by atoms with Gasteiger partial charge in [-0.3, -0.25) is 14.5 Å². The zero-order valence-electron chi connectivity index (χ0n) is 14.4. The van der Waals surface area contributed by atoms with Gasteiger partial charge in [-0.1, -0.05) is 0 Å². The maximum atomic E-state index is 12.7. The number of ether oxygens (including phenoxy) is 1. The average molecular weight is 335 g/mol. The van der Waals surface area contributed by atoms with E-state index in [4.69, 9.17) is 4.74 Å². The number of piperidine rings is 1. The van der Waals surface area contributed by atoms with Crippen LogP contribution >= 0.6 is 0 Å². The average Bonchev–Trinajstić information content (AvgIpc) is 3.25. The lowest BCUT2D eigenvalue weighted by Crippen LogP contribution is -2.59. The van der Waals surface area contributed by atoms with E-state index in [9.17, 15) is 9.59 Å². The molecule has 0 aromatic rings. The van der Waals surface area contributed by atoms with Gasteiger partial charge >= 0.3 is 0 Å². The number of nitrogens with one attached hydrogen (secondary N) is 1. The first-order valence-electron chi connectivity index (χ1n) is 9.59. The van der Waals surface area contributed by atoms with Crippen LogP contribution in [0, 0.1) is 17.8 Å². The Bertz CT molecular complexity index is 482. The van der Waals surface area contributed by atoms with Crippen molar-refractivity contribution in [3.05, 3.63) is 0 Å². The Kier molecular flexibility index (Phi) is 4.77. The molecule has 3 saturated heterocycles. The summed E-state index contributed by atoms with van der Waals surface area (Å²) in [6, 6.07) is 0.511. The minimum Gasteiger partial charge on any atom is -0.380 e. The fourth-order valence-electron chi connectivity index (χ4n) is 4.14. The molecule has 4 rings (SSSR count). The zero-order chi connectivity index (χ0) is 16.5. The fraction of sp³-hybridized carbons (Fsp3) is 0.889. The molecule has 2 unspecified atom stereocenters. The summed E-state index contributed by atoms with van der Waals surface area (Å²) in [5, 5.41) is 3.08. The molecule has 134 valence electrons. The molecule has 4 fully saturated rings. The molecule has 1 saturated carbocycles. The first kappa shape index (κ1) is 16.3. The van der Waals surface area contributed by atoms with E-state index < -0.39 is 0 Å². The van der Waals surface area contributed by atoms with Gasteiger partial charge in [0, 0.05) is 45.4 Å². The van der Waals surface area contributed by atoms with Crippen LogP contribution in [0.3, 0.4) is 0 Å². The molecule has 0 aromatic carbocycles. The largest absolute Gasteiger partial charge is 0.380 e. The third-order valence-electron chi connectivity index (χ3n) is 6.05. The summed E-state index contributed by atoms with van der Waals surface area (Å²) in [6.45, 7) is 5.64. The van der Waals surface area contributed by atoms with Crippen LogP contribution in [0.2, 0.25) is 0 Å². The van der Waals surface area contributed by atoms with Crippen molar-refractivity contribution in [3.8, 4) is 0 Å².